The third-order valence-corrected chi connectivity index (χ3v) is 4.49. The van der Waals surface area contributed by atoms with Crippen LogP contribution in [0.2, 0.25) is 0 Å². The van der Waals surface area contributed by atoms with Crippen molar-refractivity contribution in [3.05, 3.63) is 54.0 Å². The molecule has 1 aromatic heterocycles. The average Bonchev–Trinajstić information content (AvgIpc) is 3.36. The highest BCUT2D eigenvalue weighted by Crippen LogP contribution is 2.17. The molecule has 3 rings (SSSR count). The fourth-order valence-corrected chi connectivity index (χ4v) is 3.10. The van der Waals surface area contributed by atoms with Crippen molar-refractivity contribution in [3.63, 3.8) is 0 Å². The quantitative estimate of drug-likeness (QED) is 0.698. The van der Waals surface area contributed by atoms with Crippen LogP contribution in [0.25, 0.3) is 0 Å². The van der Waals surface area contributed by atoms with Gasteiger partial charge in [-0.15, -0.1) is 0 Å². The molecular formula is C20H23N3O4. The van der Waals surface area contributed by atoms with Gasteiger partial charge in [0, 0.05) is 30.3 Å². The molecule has 0 radical (unpaired) electrons. The Balaban J connectivity index is 1.46. The highest BCUT2D eigenvalue weighted by molar-refractivity contribution is 6.03. The average molecular weight is 369 g/mol. The minimum Gasteiger partial charge on any atom is -0.459 e. The smallest absolute Gasteiger partial charge is 0.291 e. The molecule has 1 aliphatic carbocycles. The van der Waals surface area contributed by atoms with Crippen LogP contribution in [0, 0.1) is 0 Å². The molecule has 0 saturated heterocycles. The van der Waals surface area contributed by atoms with Crippen molar-refractivity contribution in [3.8, 4) is 0 Å². The Kier molecular flexibility index (Phi) is 6.25. The molecule has 3 N–H and O–H groups in total. The molecule has 7 heteroatoms. The van der Waals surface area contributed by atoms with Crippen LogP contribution in [0.1, 0.15) is 53.0 Å². The molecule has 1 heterocycles. The molecule has 1 fully saturated rings. The Morgan fingerprint density at radius 3 is 2.59 bits per heavy atom. The molecule has 27 heavy (non-hydrogen) atoms. The first-order valence-corrected chi connectivity index (χ1v) is 9.14. The summed E-state index contributed by atoms with van der Waals surface area (Å²) in [6.07, 6.45) is 6.06. The Bertz CT molecular complexity index is 795. The van der Waals surface area contributed by atoms with Gasteiger partial charge in [0.2, 0.25) is 5.91 Å². The van der Waals surface area contributed by atoms with Gasteiger partial charge >= 0.3 is 0 Å². The maximum atomic E-state index is 12.3. The number of carbonyl (C=O) groups is 3. The second-order valence-corrected chi connectivity index (χ2v) is 6.57. The lowest BCUT2D eigenvalue weighted by Gasteiger charge is -2.12. The first-order valence-electron chi connectivity index (χ1n) is 9.14. The van der Waals surface area contributed by atoms with E-state index in [9.17, 15) is 14.4 Å². The van der Waals surface area contributed by atoms with E-state index in [1.165, 1.54) is 6.26 Å². The van der Waals surface area contributed by atoms with Crippen LogP contribution in [0.3, 0.4) is 0 Å². The fraction of sp³-hybridized carbons (Fsp3) is 0.350. The topological polar surface area (TPSA) is 100 Å². The number of furan rings is 1. The van der Waals surface area contributed by atoms with Crippen molar-refractivity contribution in [1.82, 2.24) is 10.6 Å². The van der Waals surface area contributed by atoms with Gasteiger partial charge in [-0.25, -0.2) is 0 Å². The third kappa shape index (κ3) is 5.44. The number of hydrogen-bond acceptors (Lipinski definition) is 4. The summed E-state index contributed by atoms with van der Waals surface area (Å²) < 4.78 is 5.04. The fourth-order valence-electron chi connectivity index (χ4n) is 3.10. The van der Waals surface area contributed by atoms with Gasteiger partial charge < -0.3 is 20.4 Å². The molecule has 0 unspecified atom stereocenters. The van der Waals surface area contributed by atoms with Gasteiger partial charge in [0.05, 0.1) is 6.26 Å². The molecule has 1 saturated carbocycles. The van der Waals surface area contributed by atoms with Gasteiger partial charge in [-0.3, -0.25) is 14.4 Å². The zero-order valence-corrected chi connectivity index (χ0v) is 15.0. The molecule has 7 nitrogen and oxygen atoms in total. The summed E-state index contributed by atoms with van der Waals surface area (Å²) in [6.45, 7) is 0.264. The van der Waals surface area contributed by atoms with E-state index in [0.717, 1.165) is 25.7 Å². The summed E-state index contributed by atoms with van der Waals surface area (Å²) in [7, 11) is 0. The Morgan fingerprint density at radius 1 is 1.04 bits per heavy atom. The molecule has 0 spiro atoms. The predicted octanol–water partition coefficient (Wildman–Crippen LogP) is 2.71. The number of amides is 3. The van der Waals surface area contributed by atoms with E-state index < -0.39 is 0 Å². The van der Waals surface area contributed by atoms with Crippen molar-refractivity contribution < 1.29 is 18.8 Å². The Morgan fingerprint density at radius 2 is 1.85 bits per heavy atom. The maximum Gasteiger partial charge on any atom is 0.291 e. The second-order valence-electron chi connectivity index (χ2n) is 6.57. The van der Waals surface area contributed by atoms with Gasteiger partial charge in [0.25, 0.3) is 11.8 Å². The summed E-state index contributed by atoms with van der Waals surface area (Å²) in [4.78, 5) is 36.1. The Hall–Kier alpha value is -3.09. The lowest BCUT2D eigenvalue weighted by atomic mass is 10.2. The molecule has 1 aromatic carbocycles. The third-order valence-electron chi connectivity index (χ3n) is 4.49. The normalized spacial score (nSPS) is 13.9. The number of nitrogens with one attached hydrogen (secondary N) is 3. The summed E-state index contributed by atoms with van der Waals surface area (Å²) in [6, 6.07) is 10.1. The summed E-state index contributed by atoms with van der Waals surface area (Å²) in [5.41, 5.74) is 0.895. The lowest BCUT2D eigenvalue weighted by Crippen LogP contribution is -2.35. The van der Waals surface area contributed by atoms with E-state index >= 15 is 0 Å². The van der Waals surface area contributed by atoms with E-state index in [2.05, 4.69) is 16.0 Å². The number of rotatable bonds is 7. The van der Waals surface area contributed by atoms with Gasteiger partial charge in [-0.05, 0) is 43.2 Å². The van der Waals surface area contributed by atoms with Crippen molar-refractivity contribution in [2.45, 2.75) is 38.1 Å². The van der Waals surface area contributed by atoms with Gasteiger partial charge in [0.1, 0.15) is 0 Å². The zero-order valence-electron chi connectivity index (χ0n) is 15.0. The highest BCUT2D eigenvalue weighted by Gasteiger charge is 2.17. The van der Waals surface area contributed by atoms with Crippen LogP contribution < -0.4 is 16.0 Å². The number of benzene rings is 1. The van der Waals surface area contributed by atoms with Crippen LogP contribution >= 0.6 is 0 Å². The van der Waals surface area contributed by atoms with E-state index in [4.69, 9.17) is 4.42 Å². The lowest BCUT2D eigenvalue weighted by molar-refractivity contribution is -0.121. The van der Waals surface area contributed by atoms with Crippen molar-refractivity contribution in [2.24, 2.45) is 0 Å². The minimum absolute atomic E-state index is 0.0401. The number of carbonyl (C=O) groups excluding carboxylic acids is 3. The van der Waals surface area contributed by atoms with Crippen LogP contribution in [0.5, 0.6) is 0 Å². The highest BCUT2D eigenvalue weighted by atomic mass is 16.3. The monoisotopic (exact) mass is 369 g/mol. The van der Waals surface area contributed by atoms with Gasteiger partial charge in [0.15, 0.2) is 5.76 Å². The second kappa shape index (κ2) is 9.02. The summed E-state index contributed by atoms with van der Waals surface area (Å²) in [5, 5.41) is 8.40. The molecule has 0 aliphatic heterocycles. The van der Waals surface area contributed by atoms with Crippen LogP contribution in [-0.4, -0.2) is 30.3 Å². The largest absolute Gasteiger partial charge is 0.459 e. The van der Waals surface area contributed by atoms with E-state index in [1.54, 1.807) is 36.4 Å². The molecule has 3 amide bonds. The molecule has 1 aliphatic rings. The predicted molar refractivity (Wildman–Crippen MR) is 100 cm³/mol. The van der Waals surface area contributed by atoms with Gasteiger partial charge in [-0.2, -0.15) is 0 Å². The van der Waals surface area contributed by atoms with Crippen LogP contribution in [-0.2, 0) is 4.79 Å². The minimum atomic E-state index is -0.388. The van der Waals surface area contributed by atoms with Gasteiger partial charge in [-0.1, -0.05) is 18.9 Å². The molecule has 142 valence electrons. The van der Waals surface area contributed by atoms with E-state index in [1.807, 2.05) is 0 Å². The standard InChI is InChI=1S/C20H23N3O4/c24-18(22-15-6-1-2-7-15)10-11-21-19(25)14-5-3-8-16(13-14)23-20(26)17-9-4-12-27-17/h3-5,8-9,12-13,15H,1-2,6-7,10-11H2,(H,21,25)(H,22,24)(H,23,26). The van der Waals surface area contributed by atoms with E-state index in [0.29, 0.717) is 11.3 Å². The zero-order chi connectivity index (χ0) is 19.1. The van der Waals surface area contributed by atoms with Crippen molar-refractivity contribution in [2.75, 3.05) is 11.9 Å². The van der Waals surface area contributed by atoms with Crippen molar-refractivity contribution in [1.29, 1.82) is 0 Å². The maximum absolute atomic E-state index is 12.3. The first kappa shape index (κ1) is 18.7. The van der Waals surface area contributed by atoms with Crippen LogP contribution in [0.15, 0.2) is 47.1 Å². The number of hydrogen-bond donors (Lipinski definition) is 3. The van der Waals surface area contributed by atoms with Crippen molar-refractivity contribution >= 4 is 23.4 Å². The van der Waals surface area contributed by atoms with Crippen LogP contribution in [0.4, 0.5) is 5.69 Å². The number of anilines is 1. The SMILES string of the molecule is O=C(CCNC(=O)c1cccc(NC(=O)c2ccco2)c1)NC1CCCC1. The summed E-state index contributed by atoms with van der Waals surface area (Å²) in [5.74, 6) is -0.529. The molecule has 2 aromatic rings. The first-order chi connectivity index (χ1) is 13.1. The van der Waals surface area contributed by atoms with E-state index in [-0.39, 0.29) is 42.5 Å². The Labute approximate surface area is 157 Å². The summed E-state index contributed by atoms with van der Waals surface area (Å²) >= 11 is 0. The molecular weight excluding hydrogens is 346 g/mol. The molecule has 0 atom stereocenters. The molecule has 0 bridgehead atoms.